The van der Waals surface area contributed by atoms with Gasteiger partial charge in [0.05, 0.1) is 4.90 Å². The van der Waals surface area contributed by atoms with Crippen molar-refractivity contribution >= 4 is 28.3 Å². The first-order valence-electron chi connectivity index (χ1n) is 7.28. The van der Waals surface area contributed by atoms with Gasteiger partial charge in [0.15, 0.2) is 0 Å². The van der Waals surface area contributed by atoms with E-state index in [1.807, 2.05) is 0 Å². The Morgan fingerprint density at radius 1 is 1.13 bits per heavy atom. The van der Waals surface area contributed by atoms with Crippen LogP contribution in [0.1, 0.15) is 44.0 Å². The Bertz CT molecular complexity index is 595. The number of unbranched alkanes of at least 4 members (excludes halogenated alkanes) is 1. The van der Waals surface area contributed by atoms with Crippen molar-refractivity contribution in [3.05, 3.63) is 29.8 Å². The van der Waals surface area contributed by atoms with Gasteiger partial charge in [-0.1, -0.05) is 0 Å². The predicted octanol–water partition coefficient (Wildman–Crippen LogP) is 1.65. The highest BCUT2D eigenvalue weighted by molar-refractivity contribution is 7.89. The number of nitrogens with one attached hydrogen (secondary N) is 2. The number of nitrogens with two attached hydrogens (primary N) is 1. The first-order valence-corrected chi connectivity index (χ1v) is 8.76. The van der Waals surface area contributed by atoms with E-state index in [0.717, 1.165) is 12.8 Å². The molecule has 0 heterocycles. The number of carbonyl (C=O) groups excluding carboxylic acids is 1. The largest absolute Gasteiger partial charge is 0.352 e. The Hall–Kier alpha value is -1.15. The van der Waals surface area contributed by atoms with E-state index >= 15 is 0 Å². The van der Waals surface area contributed by atoms with Gasteiger partial charge in [-0.15, -0.1) is 12.4 Å². The van der Waals surface area contributed by atoms with E-state index < -0.39 is 15.6 Å². The molecule has 0 aromatic heterocycles. The number of amides is 1. The normalized spacial score (nSPS) is 11.7. The zero-order valence-corrected chi connectivity index (χ0v) is 15.4. The summed E-state index contributed by atoms with van der Waals surface area (Å²) in [5.41, 5.74) is 5.26. The standard InChI is InChI=1S/C15H25N3O3S.ClH/c1-15(2,3)18-22(20,21)13-8-6-12(7-9-13)14(19)17-11-5-4-10-16;/h6-9,18H,4-5,10-11,16H2,1-3H3,(H,17,19);1H. The summed E-state index contributed by atoms with van der Waals surface area (Å²) < 4.78 is 26.9. The summed E-state index contributed by atoms with van der Waals surface area (Å²) in [7, 11) is -3.58. The van der Waals surface area contributed by atoms with Crippen molar-refractivity contribution in [2.24, 2.45) is 5.73 Å². The van der Waals surface area contributed by atoms with Crippen molar-refractivity contribution in [1.29, 1.82) is 0 Å². The highest BCUT2D eigenvalue weighted by atomic mass is 35.5. The van der Waals surface area contributed by atoms with Crippen molar-refractivity contribution in [2.75, 3.05) is 13.1 Å². The fourth-order valence-corrected chi connectivity index (χ4v) is 3.24. The molecule has 1 rings (SSSR count). The van der Waals surface area contributed by atoms with Crippen LogP contribution in [0.2, 0.25) is 0 Å². The van der Waals surface area contributed by atoms with E-state index in [2.05, 4.69) is 10.0 Å². The highest BCUT2D eigenvalue weighted by Gasteiger charge is 2.22. The van der Waals surface area contributed by atoms with Crippen LogP contribution in [0.15, 0.2) is 29.2 Å². The van der Waals surface area contributed by atoms with Gasteiger partial charge in [-0.05, 0) is 64.4 Å². The summed E-state index contributed by atoms with van der Waals surface area (Å²) >= 11 is 0. The number of carbonyl (C=O) groups is 1. The molecule has 132 valence electrons. The van der Waals surface area contributed by atoms with Crippen molar-refractivity contribution in [3.63, 3.8) is 0 Å². The average molecular weight is 364 g/mol. The zero-order chi connectivity index (χ0) is 16.8. The minimum absolute atomic E-state index is 0. The third-order valence-corrected chi connectivity index (χ3v) is 4.56. The average Bonchev–Trinajstić information content (AvgIpc) is 2.41. The summed E-state index contributed by atoms with van der Waals surface area (Å²) in [6.07, 6.45) is 1.68. The van der Waals surface area contributed by atoms with E-state index in [-0.39, 0.29) is 23.2 Å². The molecule has 0 unspecified atom stereocenters. The van der Waals surface area contributed by atoms with Crippen LogP contribution in [-0.2, 0) is 10.0 Å². The van der Waals surface area contributed by atoms with Crippen molar-refractivity contribution < 1.29 is 13.2 Å². The maximum absolute atomic E-state index is 12.1. The second-order valence-electron chi connectivity index (χ2n) is 6.13. The molecule has 0 fully saturated rings. The maximum atomic E-state index is 12.1. The smallest absolute Gasteiger partial charge is 0.251 e. The lowest BCUT2D eigenvalue weighted by atomic mass is 10.1. The Balaban J connectivity index is 0.00000484. The molecule has 1 aromatic rings. The van der Waals surface area contributed by atoms with Gasteiger partial charge in [0.2, 0.25) is 10.0 Å². The quantitative estimate of drug-likeness (QED) is 0.641. The molecule has 0 bridgehead atoms. The van der Waals surface area contributed by atoms with Crippen molar-refractivity contribution in [3.8, 4) is 0 Å². The van der Waals surface area contributed by atoms with Gasteiger partial charge in [-0.2, -0.15) is 0 Å². The SMILES string of the molecule is CC(C)(C)NS(=O)(=O)c1ccc(C(=O)NCCCCN)cc1.Cl. The minimum Gasteiger partial charge on any atom is -0.352 e. The number of halogens is 1. The second kappa shape index (κ2) is 9.22. The van der Waals surface area contributed by atoms with Crippen LogP contribution < -0.4 is 15.8 Å². The van der Waals surface area contributed by atoms with Crippen LogP contribution in [0.25, 0.3) is 0 Å². The lowest BCUT2D eigenvalue weighted by molar-refractivity contribution is 0.0953. The minimum atomic E-state index is -3.58. The van der Waals surface area contributed by atoms with E-state index in [0.29, 0.717) is 18.7 Å². The fourth-order valence-electron chi connectivity index (χ4n) is 1.82. The second-order valence-corrected chi connectivity index (χ2v) is 7.81. The molecule has 0 radical (unpaired) electrons. The molecular weight excluding hydrogens is 338 g/mol. The number of sulfonamides is 1. The molecule has 1 aromatic carbocycles. The van der Waals surface area contributed by atoms with Gasteiger partial charge in [-0.3, -0.25) is 4.79 Å². The third kappa shape index (κ3) is 7.78. The van der Waals surface area contributed by atoms with Gasteiger partial charge < -0.3 is 11.1 Å². The van der Waals surface area contributed by atoms with Gasteiger partial charge in [0.1, 0.15) is 0 Å². The number of hydrogen-bond donors (Lipinski definition) is 3. The first kappa shape index (κ1) is 21.9. The van der Waals surface area contributed by atoms with E-state index in [9.17, 15) is 13.2 Å². The van der Waals surface area contributed by atoms with Crippen molar-refractivity contribution in [2.45, 2.75) is 44.0 Å². The molecule has 0 aliphatic heterocycles. The third-order valence-electron chi connectivity index (χ3n) is 2.78. The van der Waals surface area contributed by atoms with Crippen LogP contribution >= 0.6 is 12.4 Å². The lowest BCUT2D eigenvalue weighted by Crippen LogP contribution is -2.40. The molecule has 23 heavy (non-hydrogen) atoms. The van der Waals surface area contributed by atoms with Crippen LogP contribution in [0.3, 0.4) is 0 Å². The fraction of sp³-hybridized carbons (Fsp3) is 0.533. The van der Waals surface area contributed by atoms with Crippen LogP contribution in [0, 0.1) is 0 Å². The van der Waals surface area contributed by atoms with Crippen LogP contribution in [-0.4, -0.2) is 33.0 Å². The lowest BCUT2D eigenvalue weighted by Gasteiger charge is -2.20. The molecule has 0 aliphatic carbocycles. The molecule has 0 saturated carbocycles. The zero-order valence-electron chi connectivity index (χ0n) is 13.8. The van der Waals surface area contributed by atoms with Gasteiger partial charge in [0, 0.05) is 17.6 Å². The summed E-state index contributed by atoms with van der Waals surface area (Å²) in [4.78, 5) is 12.0. The van der Waals surface area contributed by atoms with Gasteiger partial charge in [-0.25, -0.2) is 13.1 Å². The Kier molecular flexibility index (Phi) is 8.76. The van der Waals surface area contributed by atoms with Crippen molar-refractivity contribution in [1.82, 2.24) is 10.0 Å². The van der Waals surface area contributed by atoms with E-state index in [4.69, 9.17) is 5.73 Å². The Labute approximate surface area is 144 Å². The molecule has 4 N–H and O–H groups in total. The van der Waals surface area contributed by atoms with Gasteiger partial charge in [0.25, 0.3) is 5.91 Å². The maximum Gasteiger partial charge on any atom is 0.251 e. The monoisotopic (exact) mass is 363 g/mol. The summed E-state index contributed by atoms with van der Waals surface area (Å²) in [6.45, 7) is 6.47. The molecular formula is C15H26ClN3O3S. The van der Waals surface area contributed by atoms with E-state index in [1.165, 1.54) is 24.3 Å². The van der Waals surface area contributed by atoms with Crippen LogP contribution in [0.5, 0.6) is 0 Å². The predicted molar refractivity (Wildman–Crippen MR) is 94.4 cm³/mol. The summed E-state index contributed by atoms with van der Waals surface area (Å²) in [5.74, 6) is -0.218. The van der Waals surface area contributed by atoms with Gasteiger partial charge >= 0.3 is 0 Å². The molecule has 1 amide bonds. The highest BCUT2D eigenvalue weighted by Crippen LogP contribution is 2.13. The number of rotatable bonds is 7. The Morgan fingerprint density at radius 3 is 2.17 bits per heavy atom. The Morgan fingerprint density at radius 2 is 1.70 bits per heavy atom. The number of hydrogen-bond acceptors (Lipinski definition) is 4. The molecule has 0 saturated heterocycles. The number of benzene rings is 1. The first-order chi connectivity index (χ1) is 10.2. The molecule has 0 atom stereocenters. The van der Waals surface area contributed by atoms with E-state index in [1.54, 1.807) is 20.8 Å². The molecule has 0 spiro atoms. The topological polar surface area (TPSA) is 101 Å². The summed E-state index contributed by atoms with van der Waals surface area (Å²) in [5, 5.41) is 2.77. The molecule has 8 heteroatoms. The summed E-state index contributed by atoms with van der Waals surface area (Å²) in [6, 6.07) is 5.89. The van der Waals surface area contributed by atoms with Crippen LogP contribution in [0.4, 0.5) is 0 Å². The molecule has 0 aliphatic rings. The molecule has 6 nitrogen and oxygen atoms in total.